The van der Waals surface area contributed by atoms with Gasteiger partial charge in [0.25, 0.3) is 0 Å². The topological polar surface area (TPSA) is 51.2 Å². The van der Waals surface area contributed by atoms with Crippen molar-refractivity contribution in [3.05, 3.63) is 0 Å². The molecular weight excluding hydrogens is 192 g/mol. The van der Waals surface area contributed by atoms with E-state index in [4.69, 9.17) is 0 Å². The molecule has 0 radical (unpaired) electrons. The average molecular weight is 210 g/mol. The van der Waals surface area contributed by atoms with Crippen LogP contribution < -0.4 is 0 Å². The first-order valence-electron chi connectivity index (χ1n) is 5.59. The number of rotatable bonds is 4. The third-order valence-electron chi connectivity index (χ3n) is 3.34. The Balaban J connectivity index is 2.66. The second-order valence-electron chi connectivity index (χ2n) is 4.42. The maximum Gasteiger partial charge on any atom is 0.146 e. The molecule has 15 heavy (non-hydrogen) atoms. The summed E-state index contributed by atoms with van der Waals surface area (Å²) in [6.07, 6.45) is 2.89. The van der Waals surface area contributed by atoms with Crippen molar-refractivity contribution < 1.29 is 14.4 Å². The van der Waals surface area contributed by atoms with Crippen molar-refractivity contribution in [1.82, 2.24) is 0 Å². The van der Waals surface area contributed by atoms with Crippen molar-refractivity contribution >= 4 is 17.3 Å². The number of hydrogen-bond acceptors (Lipinski definition) is 3. The molecule has 1 aliphatic rings. The average Bonchev–Trinajstić information content (AvgIpc) is 2.23. The van der Waals surface area contributed by atoms with Crippen LogP contribution in [0.25, 0.3) is 0 Å². The minimum atomic E-state index is -0.872. The van der Waals surface area contributed by atoms with Crippen molar-refractivity contribution in [2.45, 2.75) is 52.4 Å². The van der Waals surface area contributed by atoms with Crippen LogP contribution in [0.4, 0.5) is 0 Å². The van der Waals surface area contributed by atoms with Crippen LogP contribution in [0.5, 0.6) is 0 Å². The summed E-state index contributed by atoms with van der Waals surface area (Å²) in [7, 11) is 0. The molecule has 0 bridgehead atoms. The lowest BCUT2D eigenvalue weighted by Gasteiger charge is -2.30. The van der Waals surface area contributed by atoms with Crippen molar-refractivity contribution in [3.8, 4) is 0 Å². The van der Waals surface area contributed by atoms with Crippen LogP contribution in [-0.4, -0.2) is 17.3 Å². The molecular formula is C12H18O3. The molecule has 1 rings (SSSR count). The van der Waals surface area contributed by atoms with Gasteiger partial charge in [-0.2, -0.15) is 0 Å². The van der Waals surface area contributed by atoms with E-state index in [1.165, 1.54) is 0 Å². The van der Waals surface area contributed by atoms with Crippen molar-refractivity contribution in [2.75, 3.05) is 0 Å². The number of hydrogen-bond donors (Lipinski definition) is 0. The molecule has 84 valence electrons. The lowest BCUT2D eigenvalue weighted by Crippen LogP contribution is -2.40. The summed E-state index contributed by atoms with van der Waals surface area (Å²) < 4.78 is 0. The highest BCUT2D eigenvalue weighted by Gasteiger charge is 2.42. The van der Waals surface area contributed by atoms with E-state index in [1.807, 2.05) is 0 Å². The number of Topliss-reactive ketones (excluding diaryl/α,β-unsaturated/α-hetero) is 3. The minimum Gasteiger partial charge on any atom is -0.300 e. The molecule has 0 spiro atoms. The maximum atomic E-state index is 11.7. The Morgan fingerprint density at radius 1 is 1.27 bits per heavy atom. The van der Waals surface area contributed by atoms with E-state index in [0.717, 1.165) is 0 Å². The first kappa shape index (κ1) is 12.1. The van der Waals surface area contributed by atoms with Crippen LogP contribution in [0.3, 0.4) is 0 Å². The molecule has 1 saturated carbocycles. The summed E-state index contributed by atoms with van der Waals surface area (Å²) in [6.45, 7) is 3.49. The van der Waals surface area contributed by atoms with Crippen LogP contribution in [0.15, 0.2) is 0 Å². The molecule has 0 aliphatic heterocycles. The van der Waals surface area contributed by atoms with Crippen LogP contribution >= 0.6 is 0 Å². The zero-order valence-electron chi connectivity index (χ0n) is 9.47. The van der Waals surface area contributed by atoms with Crippen molar-refractivity contribution in [2.24, 2.45) is 5.41 Å². The molecule has 3 heteroatoms. The van der Waals surface area contributed by atoms with Gasteiger partial charge in [-0.25, -0.2) is 0 Å². The van der Waals surface area contributed by atoms with Crippen molar-refractivity contribution in [1.29, 1.82) is 0 Å². The Hall–Kier alpha value is -0.990. The molecule has 0 amide bonds. The summed E-state index contributed by atoms with van der Waals surface area (Å²) in [5.74, 6) is 0.160. The fraction of sp³-hybridized carbons (Fsp3) is 0.750. The van der Waals surface area contributed by atoms with Gasteiger partial charge in [0.05, 0.1) is 5.41 Å². The monoisotopic (exact) mass is 210 g/mol. The minimum absolute atomic E-state index is 0.0163. The molecule has 0 heterocycles. The lowest BCUT2D eigenvalue weighted by atomic mass is 9.70. The van der Waals surface area contributed by atoms with Crippen LogP contribution in [0.2, 0.25) is 0 Å². The Bertz CT molecular complexity index is 275. The first-order chi connectivity index (χ1) is 7.00. The Kier molecular flexibility index (Phi) is 3.77. The van der Waals surface area contributed by atoms with E-state index in [-0.39, 0.29) is 17.3 Å². The van der Waals surface area contributed by atoms with Gasteiger partial charge in [-0.1, -0.05) is 6.92 Å². The van der Waals surface area contributed by atoms with Gasteiger partial charge in [0.1, 0.15) is 17.3 Å². The number of carbonyl (C=O) groups excluding carboxylic acids is 3. The Morgan fingerprint density at radius 3 is 2.27 bits per heavy atom. The molecule has 0 aromatic rings. The fourth-order valence-electron chi connectivity index (χ4n) is 1.96. The van der Waals surface area contributed by atoms with Crippen LogP contribution in [0.1, 0.15) is 52.4 Å². The van der Waals surface area contributed by atoms with Crippen LogP contribution in [0, 0.1) is 5.41 Å². The zero-order valence-corrected chi connectivity index (χ0v) is 9.47. The van der Waals surface area contributed by atoms with Gasteiger partial charge >= 0.3 is 0 Å². The largest absolute Gasteiger partial charge is 0.300 e. The summed E-state index contributed by atoms with van der Waals surface area (Å²) in [6, 6.07) is 0. The molecule has 3 nitrogen and oxygen atoms in total. The molecule has 0 aromatic carbocycles. The highest BCUT2D eigenvalue weighted by atomic mass is 16.2. The molecule has 0 aromatic heterocycles. The predicted molar refractivity (Wildman–Crippen MR) is 56.5 cm³/mol. The Morgan fingerprint density at radius 2 is 1.80 bits per heavy atom. The van der Waals surface area contributed by atoms with Gasteiger partial charge in [-0.3, -0.25) is 14.4 Å². The number of carbonyl (C=O) groups is 3. The summed E-state index contributed by atoms with van der Waals surface area (Å²) in [4.78, 5) is 34.6. The van der Waals surface area contributed by atoms with E-state index in [0.29, 0.717) is 38.5 Å². The second kappa shape index (κ2) is 4.69. The van der Waals surface area contributed by atoms with E-state index in [9.17, 15) is 14.4 Å². The smallest absolute Gasteiger partial charge is 0.146 e. The van der Waals surface area contributed by atoms with Gasteiger partial charge in [-0.05, 0) is 19.8 Å². The second-order valence-corrected chi connectivity index (χ2v) is 4.42. The van der Waals surface area contributed by atoms with Crippen molar-refractivity contribution in [3.63, 3.8) is 0 Å². The van der Waals surface area contributed by atoms with E-state index < -0.39 is 5.41 Å². The number of ketones is 3. The van der Waals surface area contributed by atoms with Gasteiger partial charge in [-0.15, -0.1) is 0 Å². The molecule has 1 fully saturated rings. The zero-order chi connectivity index (χ0) is 11.5. The molecule has 1 aliphatic carbocycles. The van der Waals surface area contributed by atoms with Crippen LogP contribution in [-0.2, 0) is 14.4 Å². The fourth-order valence-corrected chi connectivity index (χ4v) is 1.96. The van der Waals surface area contributed by atoms with Gasteiger partial charge in [0.15, 0.2) is 0 Å². The van der Waals surface area contributed by atoms with E-state index in [1.54, 1.807) is 13.8 Å². The van der Waals surface area contributed by atoms with Gasteiger partial charge in [0, 0.05) is 25.7 Å². The quantitative estimate of drug-likeness (QED) is 0.667. The molecule has 0 atom stereocenters. The summed E-state index contributed by atoms with van der Waals surface area (Å²) in [5.41, 5.74) is -0.872. The normalized spacial score (nSPS) is 20.4. The molecule has 0 unspecified atom stereocenters. The van der Waals surface area contributed by atoms with E-state index >= 15 is 0 Å². The highest BCUT2D eigenvalue weighted by molar-refractivity contribution is 6.08. The third kappa shape index (κ3) is 2.52. The molecule has 0 saturated heterocycles. The first-order valence-corrected chi connectivity index (χ1v) is 5.59. The maximum absolute atomic E-state index is 11.7. The van der Waals surface area contributed by atoms with Gasteiger partial charge in [0.2, 0.25) is 0 Å². The highest BCUT2D eigenvalue weighted by Crippen LogP contribution is 2.34. The Labute approximate surface area is 90.2 Å². The van der Waals surface area contributed by atoms with Gasteiger partial charge < -0.3 is 0 Å². The van der Waals surface area contributed by atoms with E-state index in [2.05, 4.69) is 0 Å². The summed E-state index contributed by atoms with van der Waals surface area (Å²) in [5, 5.41) is 0. The SMILES string of the molecule is CCC(=O)CCC1(C)C(=O)CCCC1=O. The third-order valence-corrected chi connectivity index (χ3v) is 3.34. The lowest BCUT2D eigenvalue weighted by molar-refractivity contribution is -0.143. The summed E-state index contributed by atoms with van der Waals surface area (Å²) >= 11 is 0. The standard InChI is InChI=1S/C12H18O3/c1-3-9(13)7-8-12(2)10(14)5-4-6-11(12)15/h3-8H2,1-2H3. The predicted octanol–water partition coefficient (Wildman–Crippen LogP) is 2.07. The molecule has 0 N–H and O–H groups in total.